The Morgan fingerprint density at radius 3 is 2.39 bits per heavy atom. The van der Waals surface area contributed by atoms with Crippen LogP contribution in [0.2, 0.25) is 5.15 Å². The number of amides is 1. The van der Waals surface area contributed by atoms with Gasteiger partial charge in [0.25, 0.3) is 0 Å². The fourth-order valence-corrected chi connectivity index (χ4v) is 5.88. The van der Waals surface area contributed by atoms with Gasteiger partial charge in [-0.05, 0) is 32.9 Å². The summed E-state index contributed by atoms with van der Waals surface area (Å²) in [6.07, 6.45) is -5.92. The van der Waals surface area contributed by atoms with Gasteiger partial charge in [0, 0.05) is 25.0 Å². The van der Waals surface area contributed by atoms with E-state index in [1.165, 1.54) is 0 Å². The molecule has 3 rings (SSSR count). The van der Waals surface area contributed by atoms with Crippen molar-refractivity contribution in [1.82, 2.24) is 15.2 Å². The molecule has 1 amide bonds. The predicted molar refractivity (Wildman–Crippen MR) is 93.5 cm³/mol. The summed E-state index contributed by atoms with van der Waals surface area (Å²) in [4.78, 5) is 15.6. The van der Waals surface area contributed by atoms with Crippen LogP contribution in [-0.2, 0) is 20.8 Å². The van der Waals surface area contributed by atoms with E-state index < -0.39 is 54.2 Å². The highest BCUT2D eigenvalue weighted by atomic mass is 35.5. The van der Waals surface area contributed by atoms with Crippen molar-refractivity contribution >= 4 is 27.5 Å². The fourth-order valence-electron chi connectivity index (χ4n) is 3.40. The van der Waals surface area contributed by atoms with Crippen LogP contribution in [-0.4, -0.2) is 55.0 Å². The Balaban J connectivity index is 2.05. The zero-order chi connectivity index (χ0) is 21.1. The second-order valence-electron chi connectivity index (χ2n) is 7.95. The summed E-state index contributed by atoms with van der Waals surface area (Å²) < 4.78 is 71.9. The Morgan fingerprint density at radius 1 is 1.32 bits per heavy atom. The molecule has 156 valence electrons. The van der Waals surface area contributed by atoms with Crippen molar-refractivity contribution in [1.29, 1.82) is 0 Å². The Hall–Kier alpha value is -1.59. The third kappa shape index (κ3) is 3.55. The number of halogens is 4. The lowest BCUT2D eigenvalue weighted by molar-refractivity contribution is -0.143. The molecule has 0 saturated carbocycles. The van der Waals surface area contributed by atoms with Gasteiger partial charge in [-0.2, -0.15) is 13.2 Å². The lowest BCUT2D eigenvalue weighted by Gasteiger charge is -2.60. The number of nitrogens with one attached hydrogen (secondary N) is 1. The van der Waals surface area contributed by atoms with E-state index in [-0.39, 0.29) is 19.6 Å². The molecule has 2 saturated heterocycles. The molecular weight excluding hydrogens is 423 g/mol. The molecule has 1 aromatic heterocycles. The smallest absolute Gasteiger partial charge is 0.434 e. The maximum atomic E-state index is 13.4. The lowest BCUT2D eigenvalue weighted by Crippen LogP contribution is -2.79. The first-order valence-corrected chi connectivity index (χ1v) is 10.3. The summed E-state index contributed by atoms with van der Waals surface area (Å²) in [6.45, 7) is 5.43. The molecule has 1 unspecified atom stereocenters. The number of carbonyl (C=O) groups is 1. The van der Waals surface area contributed by atoms with E-state index >= 15 is 0 Å². The topological polar surface area (TPSA) is 88.6 Å². The van der Waals surface area contributed by atoms with Crippen LogP contribution in [0.15, 0.2) is 17.0 Å². The first-order chi connectivity index (χ1) is 12.7. The highest BCUT2D eigenvalue weighted by molar-refractivity contribution is 7.92. The number of likely N-dealkylation sites (tertiary alicyclic amines) is 1. The average Bonchev–Trinajstić information content (AvgIpc) is 2.40. The Kier molecular flexibility index (Phi) is 4.87. The monoisotopic (exact) mass is 441 g/mol. The third-order valence-electron chi connectivity index (χ3n) is 4.57. The minimum Gasteiger partial charge on any atom is -0.444 e. The molecule has 0 aromatic carbocycles. The fraction of sp³-hybridized carbons (Fsp3) is 0.625. The summed E-state index contributed by atoms with van der Waals surface area (Å²) in [5, 5.41) is 0.949. The molecular formula is C16H19ClF3N3O4S. The average molecular weight is 442 g/mol. The van der Waals surface area contributed by atoms with Crippen LogP contribution in [0.4, 0.5) is 18.0 Å². The summed E-state index contributed by atoms with van der Waals surface area (Å²) in [5.74, 6) is 0. The molecule has 0 bridgehead atoms. The van der Waals surface area contributed by atoms with Gasteiger partial charge in [-0.15, -0.1) is 0 Å². The maximum Gasteiger partial charge on any atom is 0.434 e. The summed E-state index contributed by atoms with van der Waals surface area (Å²) in [5.41, 5.74) is -3.35. The number of nitrogens with zero attached hydrogens (tertiary/aromatic N) is 2. The number of aromatic nitrogens is 1. The van der Waals surface area contributed by atoms with Gasteiger partial charge in [0.15, 0.2) is 11.1 Å². The summed E-state index contributed by atoms with van der Waals surface area (Å²) in [6, 6.07) is 1.75. The molecule has 28 heavy (non-hydrogen) atoms. The van der Waals surface area contributed by atoms with E-state index in [9.17, 15) is 26.4 Å². The SMILES string of the molecule is CC(C)(C)OC(=O)N1CC2(CNC2)C1S(=O)(=O)c1ccc(Cl)nc1C(F)(F)F. The van der Waals surface area contributed by atoms with E-state index in [1.54, 1.807) is 20.8 Å². The Bertz CT molecular complexity index is 911. The van der Waals surface area contributed by atoms with Crippen molar-refractivity contribution in [3.8, 4) is 0 Å². The first-order valence-electron chi connectivity index (χ1n) is 8.35. The molecule has 2 fully saturated rings. The quantitative estimate of drug-likeness (QED) is 0.710. The van der Waals surface area contributed by atoms with Gasteiger partial charge in [-0.3, -0.25) is 4.90 Å². The van der Waals surface area contributed by atoms with Crippen LogP contribution < -0.4 is 5.32 Å². The van der Waals surface area contributed by atoms with Crippen LogP contribution in [0, 0.1) is 5.41 Å². The molecule has 0 radical (unpaired) electrons. The zero-order valence-corrected chi connectivity index (χ0v) is 16.9. The standard InChI is InChI=1S/C16H19ClF3N3O4S/c1-14(2,3)27-13(24)23-8-15(6-21-7-15)12(23)28(25,26)9-4-5-10(17)22-11(9)16(18,19)20/h4-5,12,21H,6-8H2,1-3H3. The van der Waals surface area contributed by atoms with Gasteiger partial charge in [-0.1, -0.05) is 11.6 Å². The van der Waals surface area contributed by atoms with Crippen LogP contribution >= 0.6 is 11.6 Å². The van der Waals surface area contributed by atoms with Crippen LogP contribution in [0.25, 0.3) is 0 Å². The van der Waals surface area contributed by atoms with Crippen LogP contribution in [0.1, 0.15) is 26.5 Å². The molecule has 2 aliphatic heterocycles. The second-order valence-corrected chi connectivity index (χ2v) is 10.3. The third-order valence-corrected chi connectivity index (χ3v) is 7.06. The molecule has 12 heteroatoms. The number of hydrogen-bond donors (Lipinski definition) is 1. The number of pyridine rings is 1. The number of carbonyl (C=O) groups excluding carboxylic acids is 1. The van der Waals surface area contributed by atoms with Crippen molar-refractivity contribution in [3.05, 3.63) is 23.0 Å². The zero-order valence-electron chi connectivity index (χ0n) is 15.3. The van der Waals surface area contributed by atoms with Gasteiger partial charge in [0.1, 0.15) is 10.8 Å². The van der Waals surface area contributed by atoms with Crippen molar-refractivity contribution in [3.63, 3.8) is 0 Å². The molecule has 0 aliphatic carbocycles. The number of alkyl halides is 3. The second kappa shape index (κ2) is 6.46. The van der Waals surface area contributed by atoms with Gasteiger partial charge in [0.05, 0.1) is 4.90 Å². The van der Waals surface area contributed by atoms with Crippen molar-refractivity contribution in [2.45, 2.75) is 42.8 Å². The lowest BCUT2D eigenvalue weighted by atomic mass is 9.74. The van der Waals surface area contributed by atoms with Crippen LogP contribution in [0.5, 0.6) is 0 Å². The molecule has 1 N–H and O–H groups in total. The van der Waals surface area contributed by atoms with Crippen LogP contribution in [0.3, 0.4) is 0 Å². The van der Waals surface area contributed by atoms with Gasteiger partial charge < -0.3 is 10.1 Å². The number of ether oxygens (including phenoxy) is 1. The molecule has 1 spiro atoms. The number of hydrogen-bond acceptors (Lipinski definition) is 6. The van der Waals surface area contributed by atoms with Crippen molar-refractivity contribution in [2.24, 2.45) is 5.41 Å². The normalized spacial score (nSPS) is 21.8. The van der Waals surface area contributed by atoms with E-state index in [1.807, 2.05) is 0 Å². The number of rotatable bonds is 2. The molecule has 3 heterocycles. The van der Waals surface area contributed by atoms with E-state index in [2.05, 4.69) is 10.3 Å². The highest BCUT2D eigenvalue weighted by Crippen LogP contribution is 2.48. The largest absolute Gasteiger partial charge is 0.444 e. The predicted octanol–water partition coefficient (Wildman–Crippen LogP) is 2.69. The number of sulfone groups is 1. The van der Waals surface area contributed by atoms with Gasteiger partial charge in [0.2, 0.25) is 9.84 Å². The molecule has 1 atom stereocenters. The summed E-state index contributed by atoms with van der Waals surface area (Å²) in [7, 11) is -4.61. The minimum atomic E-state index is -5.03. The molecule has 1 aromatic rings. The van der Waals surface area contributed by atoms with Crippen molar-refractivity contribution in [2.75, 3.05) is 19.6 Å². The molecule has 7 nitrogen and oxygen atoms in total. The van der Waals surface area contributed by atoms with E-state index in [0.717, 1.165) is 17.0 Å². The van der Waals surface area contributed by atoms with Gasteiger partial charge >= 0.3 is 12.3 Å². The molecule has 2 aliphatic rings. The highest BCUT2D eigenvalue weighted by Gasteiger charge is 2.65. The van der Waals surface area contributed by atoms with Gasteiger partial charge in [-0.25, -0.2) is 18.2 Å². The van der Waals surface area contributed by atoms with E-state index in [0.29, 0.717) is 0 Å². The minimum absolute atomic E-state index is 0.0706. The summed E-state index contributed by atoms with van der Waals surface area (Å²) >= 11 is 5.55. The van der Waals surface area contributed by atoms with E-state index in [4.69, 9.17) is 16.3 Å². The van der Waals surface area contributed by atoms with Crippen molar-refractivity contribution < 1.29 is 31.1 Å². The Labute approximate surface area is 165 Å². The Morgan fingerprint density at radius 2 is 1.93 bits per heavy atom. The maximum absolute atomic E-state index is 13.4. The first kappa shape index (κ1) is 21.1.